The van der Waals surface area contributed by atoms with E-state index in [1.165, 1.54) is 11.3 Å². The van der Waals surface area contributed by atoms with Crippen molar-refractivity contribution in [3.63, 3.8) is 0 Å². The summed E-state index contributed by atoms with van der Waals surface area (Å²) >= 11 is 1.31. The molecule has 2 amide bonds. The second-order valence-electron chi connectivity index (χ2n) is 6.64. The minimum absolute atomic E-state index is 0.0536. The van der Waals surface area contributed by atoms with Gasteiger partial charge in [-0.25, -0.2) is 4.98 Å². The van der Waals surface area contributed by atoms with Crippen LogP contribution in [0.4, 0.5) is 5.00 Å². The smallest absolute Gasteiger partial charge is 0.262 e. The maximum absolute atomic E-state index is 12.6. The summed E-state index contributed by atoms with van der Waals surface area (Å²) in [6, 6.07) is 9.74. The molecule has 2 heterocycles. The first-order valence-corrected chi connectivity index (χ1v) is 9.44. The number of carbonyl (C=O) groups excluding carboxylic acids is 2. The van der Waals surface area contributed by atoms with Gasteiger partial charge in [0, 0.05) is 13.0 Å². The first kappa shape index (κ1) is 16.8. The molecule has 0 aliphatic heterocycles. The van der Waals surface area contributed by atoms with Gasteiger partial charge < -0.3 is 15.2 Å². The summed E-state index contributed by atoms with van der Waals surface area (Å²) in [4.78, 5) is 29.6. The second kappa shape index (κ2) is 6.57. The van der Waals surface area contributed by atoms with Crippen LogP contribution in [0.3, 0.4) is 0 Å². The number of nitrogens with zero attached hydrogens (tertiary/aromatic N) is 2. The zero-order valence-electron chi connectivity index (χ0n) is 14.7. The van der Waals surface area contributed by atoms with E-state index in [0.29, 0.717) is 11.4 Å². The van der Waals surface area contributed by atoms with E-state index in [1.54, 1.807) is 0 Å². The lowest BCUT2D eigenvalue weighted by Crippen LogP contribution is -2.24. The molecule has 1 aliphatic rings. The molecule has 1 aliphatic carbocycles. The molecule has 0 saturated heterocycles. The average Bonchev–Trinajstić information content (AvgIpc) is 3.35. The van der Waals surface area contributed by atoms with Crippen LogP contribution in [0.1, 0.15) is 33.9 Å². The number of hydrogen-bond acceptors (Lipinski definition) is 4. The fraction of sp³-hybridized carbons (Fsp3) is 0.316. The Labute approximate surface area is 155 Å². The molecule has 4 rings (SSSR count). The van der Waals surface area contributed by atoms with E-state index in [4.69, 9.17) is 0 Å². The van der Waals surface area contributed by atoms with Crippen molar-refractivity contribution in [3.05, 3.63) is 46.6 Å². The van der Waals surface area contributed by atoms with Gasteiger partial charge in [-0.05, 0) is 43.5 Å². The summed E-state index contributed by atoms with van der Waals surface area (Å²) in [6.45, 7) is 2.23. The normalized spacial score (nSPS) is 13.8. The van der Waals surface area contributed by atoms with E-state index >= 15 is 0 Å². The summed E-state index contributed by atoms with van der Waals surface area (Å²) in [6.07, 6.45) is 1.92. The number of rotatable bonds is 5. The summed E-state index contributed by atoms with van der Waals surface area (Å²) in [5.74, 6) is 0.854. The number of thiophene rings is 1. The third-order valence-electron chi connectivity index (χ3n) is 4.61. The summed E-state index contributed by atoms with van der Waals surface area (Å²) in [5, 5.41) is 6.57. The molecular weight excluding hydrogens is 348 g/mol. The molecule has 2 aromatic heterocycles. The zero-order valence-corrected chi connectivity index (χ0v) is 15.5. The van der Waals surface area contributed by atoms with Gasteiger partial charge in [0.15, 0.2) is 0 Å². The van der Waals surface area contributed by atoms with Crippen LogP contribution in [0.2, 0.25) is 0 Å². The van der Waals surface area contributed by atoms with Gasteiger partial charge in [-0.1, -0.05) is 12.1 Å². The van der Waals surface area contributed by atoms with Gasteiger partial charge in [0.1, 0.15) is 5.82 Å². The van der Waals surface area contributed by atoms with Crippen LogP contribution in [0.15, 0.2) is 30.3 Å². The highest BCUT2D eigenvalue weighted by molar-refractivity contribution is 7.18. The Kier molecular flexibility index (Phi) is 4.24. The lowest BCUT2D eigenvalue weighted by molar-refractivity contribution is -0.117. The Hall–Kier alpha value is -2.67. The fourth-order valence-electron chi connectivity index (χ4n) is 2.93. The van der Waals surface area contributed by atoms with E-state index in [9.17, 15) is 9.59 Å². The number of fused-ring (bicyclic) bond motifs is 1. The van der Waals surface area contributed by atoms with Gasteiger partial charge in [0.05, 0.1) is 27.5 Å². The van der Waals surface area contributed by atoms with Crippen molar-refractivity contribution in [2.75, 3.05) is 5.32 Å². The third-order valence-corrected chi connectivity index (χ3v) is 5.76. The number of aryl methyl sites for hydroxylation is 2. The Bertz CT molecular complexity index is 1000. The van der Waals surface area contributed by atoms with Crippen molar-refractivity contribution in [1.29, 1.82) is 0 Å². The van der Waals surface area contributed by atoms with Crippen molar-refractivity contribution in [2.45, 2.75) is 26.3 Å². The first-order chi connectivity index (χ1) is 12.5. The highest BCUT2D eigenvalue weighted by Gasteiger charge is 2.30. The van der Waals surface area contributed by atoms with Crippen LogP contribution in [-0.4, -0.2) is 21.4 Å². The third kappa shape index (κ3) is 3.22. The molecule has 7 heteroatoms. The minimum Gasteiger partial charge on any atom is -0.344 e. The first-order valence-electron chi connectivity index (χ1n) is 8.63. The van der Waals surface area contributed by atoms with E-state index in [0.717, 1.165) is 40.3 Å². The number of hydrogen-bond donors (Lipinski definition) is 2. The van der Waals surface area contributed by atoms with Gasteiger partial charge in [-0.3, -0.25) is 9.59 Å². The molecule has 134 valence electrons. The molecule has 3 aromatic rings. The molecule has 26 heavy (non-hydrogen) atoms. The molecule has 1 aromatic carbocycles. The topological polar surface area (TPSA) is 76.0 Å². The maximum Gasteiger partial charge on any atom is 0.262 e. The number of anilines is 1. The zero-order chi connectivity index (χ0) is 18.3. The Morgan fingerprint density at radius 2 is 2.08 bits per heavy atom. The number of para-hydroxylation sites is 2. The van der Waals surface area contributed by atoms with Gasteiger partial charge >= 0.3 is 0 Å². The maximum atomic E-state index is 12.6. The van der Waals surface area contributed by atoms with Crippen LogP contribution >= 0.6 is 11.3 Å². The largest absolute Gasteiger partial charge is 0.344 e. The van der Waals surface area contributed by atoms with Crippen LogP contribution in [0.25, 0.3) is 11.0 Å². The van der Waals surface area contributed by atoms with Gasteiger partial charge in [-0.2, -0.15) is 0 Å². The standard InChI is InChI=1S/C19H20N4O2S/c1-11-9-16(22-18(24)12-7-8-12)26-17(11)19(25)20-10-15-21-13-5-3-4-6-14(13)23(15)2/h3-6,9,12H,7-8,10H2,1-2H3,(H,20,25)(H,22,24). The predicted octanol–water partition coefficient (Wildman–Crippen LogP) is 3.22. The van der Waals surface area contributed by atoms with Crippen molar-refractivity contribution in [3.8, 4) is 0 Å². The van der Waals surface area contributed by atoms with Gasteiger partial charge in [0.25, 0.3) is 5.91 Å². The summed E-state index contributed by atoms with van der Waals surface area (Å²) in [5.41, 5.74) is 2.81. The molecule has 0 radical (unpaired) electrons. The molecule has 2 N–H and O–H groups in total. The number of benzene rings is 1. The number of nitrogens with one attached hydrogen (secondary N) is 2. The average molecular weight is 368 g/mol. The highest BCUT2D eigenvalue weighted by atomic mass is 32.1. The van der Waals surface area contributed by atoms with Crippen molar-refractivity contribution in [2.24, 2.45) is 13.0 Å². The van der Waals surface area contributed by atoms with E-state index < -0.39 is 0 Å². The number of imidazole rings is 1. The Morgan fingerprint density at radius 3 is 2.81 bits per heavy atom. The lowest BCUT2D eigenvalue weighted by atomic mass is 10.2. The molecule has 1 saturated carbocycles. The fourth-order valence-corrected chi connectivity index (χ4v) is 3.92. The van der Waals surface area contributed by atoms with Crippen molar-refractivity contribution in [1.82, 2.24) is 14.9 Å². The summed E-state index contributed by atoms with van der Waals surface area (Å²) < 4.78 is 1.98. The van der Waals surface area contributed by atoms with Crippen molar-refractivity contribution >= 4 is 39.2 Å². The van der Waals surface area contributed by atoms with Gasteiger partial charge in [0.2, 0.25) is 5.91 Å². The molecule has 0 bridgehead atoms. The van der Waals surface area contributed by atoms with Crippen LogP contribution < -0.4 is 10.6 Å². The minimum atomic E-state index is -0.147. The SMILES string of the molecule is Cc1cc(NC(=O)C2CC2)sc1C(=O)NCc1nc2ccccc2n1C. The number of carbonyl (C=O) groups is 2. The molecular formula is C19H20N4O2S. The van der Waals surface area contributed by atoms with Crippen molar-refractivity contribution < 1.29 is 9.59 Å². The van der Waals surface area contributed by atoms with E-state index in [2.05, 4.69) is 15.6 Å². The monoisotopic (exact) mass is 368 g/mol. The molecule has 0 atom stereocenters. The van der Waals surface area contributed by atoms with E-state index in [1.807, 2.05) is 48.9 Å². The Morgan fingerprint density at radius 1 is 1.31 bits per heavy atom. The lowest BCUT2D eigenvalue weighted by Gasteiger charge is -2.05. The predicted molar refractivity (Wildman–Crippen MR) is 102 cm³/mol. The second-order valence-corrected chi connectivity index (χ2v) is 7.70. The summed E-state index contributed by atoms with van der Waals surface area (Å²) in [7, 11) is 1.94. The molecule has 1 fully saturated rings. The molecule has 6 nitrogen and oxygen atoms in total. The van der Waals surface area contributed by atoms with E-state index in [-0.39, 0.29) is 17.7 Å². The molecule has 0 spiro atoms. The van der Waals surface area contributed by atoms with Crippen LogP contribution in [0, 0.1) is 12.8 Å². The van der Waals surface area contributed by atoms with Gasteiger partial charge in [-0.15, -0.1) is 11.3 Å². The quantitative estimate of drug-likeness (QED) is 0.726. The number of aromatic nitrogens is 2. The highest BCUT2D eigenvalue weighted by Crippen LogP contribution is 2.32. The molecule has 0 unspecified atom stereocenters. The van der Waals surface area contributed by atoms with Crippen LogP contribution in [-0.2, 0) is 18.4 Å². The van der Waals surface area contributed by atoms with Crippen LogP contribution in [0.5, 0.6) is 0 Å². The number of amides is 2. The Balaban J connectivity index is 1.45.